The summed E-state index contributed by atoms with van der Waals surface area (Å²) in [7, 11) is 0. The van der Waals surface area contributed by atoms with E-state index < -0.39 is 22.7 Å². The molecule has 1 aromatic rings. The van der Waals surface area contributed by atoms with E-state index in [4.69, 9.17) is 5.73 Å². The molecule has 0 aliphatic carbocycles. The SMILES string of the molecule is NCc1c([N+](=O)[O-])cc(C(F)F)nc1Br. The maximum Gasteiger partial charge on any atom is 0.280 e. The van der Waals surface area contributed by atoms with Gasteiger partial charge in [0.1, 0.15) is 10.3 Å². The lowest BCUT2D eigenvalue weighted by Gasteiger charge is -2.05. The molecule has 5 nitrogen and oxygen atoms in total. The van der Waals surface area contributed by atoms with E-state index in [2.05, 4.69) is 20.9 Å². The predicted octanol–water partition coefficient (Wildman–Crippen LogP) is 2.15. The van der Waals surface area contributed by atoms with Crippen LogP contribution >= 0.6 is 15.9 Å². The molecule has 0 saturated carbocycles. The summed E-state index contributed by atoms with van der Waals surface area (Å²) in [5, 5.41) is 10.6. The maximum absolute atomic E-state index is 12.3. The van der Waals surface area contributed by atoms with Crippen LogP contribution in [-0.4, -0.2) is 9.91 Å². The van der Waals surface area contributed by atoms with Gasteiger partial charge >= 0.3 is 0 Å². The van der Waals surface area contributed by atoms with E-state index in [0.29, 0.717) is 0 Å². The highest BCUT2D eigenvalue weighted by atomic mass is 79.9. The van der Waals surface area contributed by atoms with Crippen LogP contribution < -0.4 is 5.73 Å². The lowest BCUT2D eigenvalue weighted by atomic mass is 10.2. The van der Waals surface area contributed by atoms with Gasteiger partial charge in [-0.05, 0) is 15.9 Å². The minimum absolute atomic E-state index is 0.0190. The Kier molecular flexibility index (Phi) is 3.64. The number of halogens is 3. The third-order valence-electron chi connectivity index (χ3n) is 1.69. The second-order valence-corrected chi connectivity index (χ2v) is 3.35. The number of aromatic nitrogens is 1. The van der Waals surface area contributed by atoms with Crippen molar-refractivity contribution in [3.05, 3.63) is 32.0 Å². The Morgan fingerprint density at radius 3 is 2.67 bits per heavy atom. The Bertz CT molecular complexity index is 400. The molecule has 8 heteroatoms. The van der Waals surface area contributed by atoms with E-state index in [1.165, 1.54) is 0 Å². The van der Waals surface area contributed by atoms with Gasteiger partial charge in [-0.15, -0.1) is 0 Å². The number of nitrogens with two attached hydrogens (primary N) is 1. The van der Waals surface area contributed by atoms with Crippen LogP contribution in [0.3, 0.4) is 0 Å². The van der Waals surface area contributed by atoms with Gasteiger partial charge in [-0.3, -0.25) is 10.1 Å². The average molecular weight is 282 g/mol. The minimum Gasteiger partial charge on any atom is -0.326 e. The summed E-state index contributed by atoms with van der Waals surface area (Å²) >= 11 is 2.87. The molecular formula is C7H6BrF2N3O2. The van der Waals surface area contributed by atoms with Crippen molar-refractivity contribution in [3.63, 3.8) is 0 Å². The van der Waals surface area contributed by atoms with E-state index in [1.807, 2.05) is 0 Å². The molecule has 0 bridgehead atoms. The molecule has 0 saturated heterocycles. The first-order chi connectivity index (χ1) is 6.97. The van der Waals surface area contributed by atoms with Crippen molar-refractivity contribution < 1.29 is 13.7 Å². The highest BCUT2D eigenvalue weighted by molar-refractivity contribution is 9.10. The van der Waals surface area contributed by atoms with Crippen LogP contribution in [0.25, 0.3) is 0 Å². The number of alkyl halides is 2. The van der Waals surface area contributed by atoms with Crippen molar-refractivity contribution in [1.29, 1.82) is 0 Å². The molecule has 0 radical (unpaired) electrons. The summed E-state index contributed by atoms with van der Waals surface area (Å²) in [4.78, 5) is 13.3. The molecule has 0 aliphatic heterocycles. The summed E-state index contributed by atoms with van der Waals surface area (Å²) in [6.07, 6.45) is -2.85. The number of pyridine rings is 1. The van der Waals surface area contributed by atoms with Crippen molar-refractivity contribution in [3.8, 4) is 0 Å². The summed E-state index contributed by atoms with van der Waals surface area (Å²) in [5.74, 6) is 0. The van der Waals surface area contributed by atoms with E-state index in [1.54, 1.807) is 0 Å². The fourth-order valence-electron chi connectivity index (χ4n) is 1.01. The Balaban J connectivity index is 3.38. The zero-order chi connectivity index (χ0) is 11.6. The normalized spacial score (nSPS) is 10.7. The molecule has 15 heavy (non-hydrogen) atoms. The minimum atomic E-state index is -2.85. The first-order valence-electron chi connectivity index (χ1n) is 3.79. The van der Waals surface area contributed by atoms with Gasteiger partial charge in [0.2, 0.25) is 0 Å². The van der Waals surface area contributed by atoms with E-state index in [0.717, 1.165) is 6.07 Å². The quantitative estimate of drug-likeness (QED) is 0.523. The van der Waals surface area contributed by atoms with Crippen LogP contribution in [0.1, 0.15) is 17.7 Å². The third-order valence-corrected chi connectivity index (χ3v) is 2.35. The second kappa shape index (κ2) is 4.58. The number of hydrogen-bond donors (Lipinski definition) is 1. The molecule has 0 amide bonds. The Morgan fingerprint density at radius 2 is 2.27 bits per heavy atom. The standard InChI is InChI=1S/C7H6BrF2N3O2/c8-6-3(2-11)5(13(14)15)1-4(12-6)7(9)10/h1,7H,2,11H2. The predicted molar refractivity (Wildman–Crippen MR) is 51.4 cm³/mol. The number of nitro groups is 1. The van der Waals surface area contributed by atoms with Gasteiger partial charge in [-0.2, -0.15) is 0 Å². The maximum atomic E-state index is 12.3. The van der Waals surface area contributed by atoms with Gasteiger partial charge in [0.15, 0.2) is 0 Å². The number of hydrogen-bond acceptors (Lipinski definition) is 4. The second-order valence-electron chi connectivity index (χ2n) is 2.60. The van der Waals surface area contributed by atoms with Crippen molar-refractivity contribution in [2.45, 2.75) is 13.0 Å². The largest absolute Gasteiger partial charge is 0.326 e. The molecule has 1 rings (SSSR count). The first kappa shape index (κ1) is 11.9. The summed E-state index contributed by atoms with van der Waals surface area (Å²) in [6, 6.07) is 0.734. The van der Waals surface area contributed by atoms with Crippen LogP contribution in [-0.2, 0) is 6.54 Å². The van der Waals surface area contributed by atoms with Crippen LogP contribution in [0.4, 0.5) is 14.5 Å². The average Bonchev–Trinajstić information content (AvgIpc) is 2.16. The van der Waals surface area contributed by atoms with Gasteiger partial charge in [0.25, 0.3) is 12.1 Å². The van der Waals surface area contributed by atoms with Crippen molar-refractivity contribution >= 4 is 21.6 Å². The van der Waals surface area contributed by atoms with Gasteiger partial charge in [-0.25, -0.2) is 13.8 Å². The molecule has 0 unspecified atom stereocenters. The monoisotopic (exact) mass is 281 g/mol. The molecule has 1 aromatic heterocycles. The zero-order valence-electron chi connectivity index (χ0n) is 7.28. The summed E-state index contributed by atoms with van der Waals surface area (Å²) in [5.41, 5.74) is 4.26. The van der Waals surface area contributed by atoms with Crippen molar-refractivity contribution in [1.82, 2.24) is 4.98 Å². The van der Waals surface area contributed by atoms with Crippen LogP contribution in [0.2, 0.25) is 0 Å². The van der Waals surface area contributed by atoms with Gasteiger partial charge in [0.05, 0.1) is 10.5 Å². The third kappa shape index (κ3) is 2.45. The molecule has 0 spiro atoms. The molecule has 82 valence electrons. The lowest BCUT2D eigenvalue weighted by molar-refractivity contribution is -0.385. The fourth-order valence-corrected chi connectivity index (χ4v) is 1.58. The van der Waals surface area contributed by atoms with E-state index in [9.17, 15) is 18.9 Å². The van der Waals surface area contributed by atoms with Crippen LogP contribution in [0.5, 0.6) is 0 Å². The highest BCUT2D eigenvalue weighted by Crippen LogP contribution is 2.29. The van der Waals surface area contributed by atoms with Crippen molar-refractivity contribution in [2.75, 3.05) is 0 Å². The molecular weight excluding hydrogens is 276 g/mol. The van der Waals surface area contributed by atoms with E-state index in [-0.39, 0.29) is 16.7 Å². The topological polar surface area (TPSA) is 82.0 Å². The molecule has 0 fully saturated rings. The van der Waals surface area contributed by atoms with Gasteiger partial charge in [-0.1, -0.05) is 0 Å². The number of nitrogens with zero attached hydrogens (tertiary/aromatic N) is 2. The number of rotatable bonds is 3. The van der Waals surface area contributed by atoms with Crippen molar-refractivity contribution in [2.24, 2.45) is 5.73 Å². The smallest absolute Gasteiger partial charge is 0.280 e. The molecule has 0 atom stereocenters. The molecule has 1 heterocycles. The lowest BCUT2D eigenvalue weighted by Crippen LogP contribution is -2.06. The Hall–Kier alpha value is -1.15. The fraction of sp³-hybridized carbons (Fsp3) is 0.286. The Labute approximate surface area is 91.6 Å². The zero-order valence-corrected chi connectivity index (χ0v) is 8.87. The van der Waals surface area contributed by atoms with Crippen LogP contribution in [0.15, 0.2) is 10.7 Å². The molecule has 2 N–H and O–H groups in total. The highest BCUT2D eigenvalue weighted by Gasteiger charge is 2.22. The first-order valence-corrected chi connectivity index (χ1v) is 4.58. The summed E-state index contributed by atoms with van der Waals surface area (Å²) in [6.45, 7) is -0.145. The van der Waals surface area contributed by atoms with Gasteiger partial charge < -0.3 is 5.73 Å². The molecule has 0 aliphatic rings. The van der Waals surface area contributed by atoms with Crippen LogP contribution in [0, 0.1) is 10.1 Å². The Morgan fingerprint density at radius 1 is 1.67 bits per heavy atom. The van der Waals surface area contributed by atoms with Gasteiger partial charge in [0, 0.05) is 12.6 Å². The molecule has 0 aromatic carbocycles. The summed E-state index contributed by atoms with van der Waals surface area (Å²) < 4.78 is 24.6. The van der Waals surface area contributed by atoms with E-state index >= 15 is 0 Å².